The zero-order valence-electron chi connectivity index (χ0n) is 16.4. The Balaban J connectivity index is 1.45. The number of rotatable bonds is 5. The molecule has 146 valence electrons. The van der Waals surface area contributed by atoms with E-state index in [9.17, 15) is 0 Å². The van der Waals surface area contributed by atoms with Crippen LogP contribution in [-0.4, -0.2) is 44.3 Å². The van der Waals surface area contributed by atoms with Crippen LogP contribution in [-0.2, 0) is 6.54 Å². The highest BCUT2D eigenvalue weighted by Gasteiger charge is 2.23. The van der Waals surface area contributed by atoms with Crippen LogP contribution < -0.4 is 4.74 Å². The number of hydrogen-bond acceptors (Lipinski definition) is 5. The van der Waals surface area contributed by atoms with Crippen LogP contribution in [0.4, 0.5) is 0 Å². The Kier molecular flexibility index (Phi) is 4.69. The average molecular weight is 385 g/mol. The van der Waals surface area contributed by atoms with Crippen molar-refractivity contribution in [3.05, 3.63) is 67.1 Å². The predicted octanol–water partition coefficient (Wildman–Crippen LogP) is 4.38. The van der Waals surface area contributed by atoms with Gasteiger partial charge >= 0.3 is 0 Å². The lowest BCUT2D eigenvalue weighted by atomic mass is 10.1. The maximum Gasteiger partial charge on any atom is 0.161 e. The first-order valence-electron chi connectivity index (χ1n) is 9.98. The van der Waals surface area contributed by atoms with Gasteiger partial charge in [0.2, 0.25) is 0 Å². The van der Waals surface area contributed by atoms with Gasteiger partial charge in [0, 0.05) is 17.8 Å². The number of fused-ring (bicyclic) bond motifs is 1. The van der Waals surface area contributed by atoms with Crippen molar-refractivity contribution in [3.8, 4) is 22.8 Å². The van der Waals surface area contributed by atoms with Gasteiger partial charge < -0.3 is 9.64 Å². The lowest BCUT2D eigenvalue weighted by Gasteiger charge is -2.19. The van der Waals surface area contributed by atoms with Crippen LogP contribution in [0.2, 0.25) is 0 Å². The van der Waals surface area contributed by atoms with E-state index in [0.29, 0.717) is 6.04 Å². The highest BCUT2D eigenvalue weighted by atomic mass is 16.5. The fraction of sp³-hybridized carbons (Fsp3) is 0.261. The largest absolute Gasteiger partial charge is 0.457 e. The Hall–Kier alpha value is -3.25. The van der Waals surface area contributed by atoms with E-state index in [2.05, 4.69) is 21.9 Å². The summed E-state index contributed by atoms with van der Waals surface area (Å²) in [5.74, 6) is 1.62. The highest BCUT2D eigenvalue weighted by Crippen LogP contribution is 2.30. The molecule has 0 spiro atoms. The predicted molar refractivity (Wildman–Crippen MR) is 113 cm³/mol. The molecule has 1 saturated heterocycles. The fourth-order valence-corrected chi connectivity index (χ4v) is 3.97. The second kappa shape index (κ2) is 7.64. The SMILES string of the molecule is CN1CCC[C@H]1Cn1nc(-c2ccc(Oc3ccccc3)cc2)c2cncnc21. The van der Waals surface area contributed by atoms with Crippen LogP contribution in [0.5, 0.6) is 11.5 Å². The standard InChI is InChI=1S/C23H23N5O/c1-27-13-5-6-18(27)15-28-23-21(14-24-16-25-23)22(26-28)17-9-11-20(12-10-17)29-19-7-3-2-4-8-19/h2-4,7-12,14,16,18H,5-6,13,15H2,1H3/t18-/m0/s1. The minimum absolute atomic E-state index is 0.502. The number of nitrogens with zero attached hydrogens (tertiary/aromatic N) is 5. The summed E-state index contributed by atoms with van der Waals surface area (Å²) in [6, 6.07) is 18.3. The van der Waals surface area contributed by atoms with Gasteiger partial charge in [-0.3, -0.25) is 0 Å². The van der Waals surface area contributed by atoms with Crippen molar-refractivity contribution in [2.75, 3.05) is 13.6 Å². The van der Waals surface area contributed by atoms with E-state index in [0.717, 1.165) is 46.9 Å². The molecule has 2 aromatic carbocycles. The number of benzene rings is 2. The van der Waals surface area contributed by atoms with Gasteiger partial charge in [0.05, 0.1) is 11.9 Å². The zero-order chi connectivity index (χ0) is 19.6. The van der Waals surface area contributed by atoms with Gasteiger partial charge in [-0.2, -0.15) is 5.10 Å². The van der Waals surface area contributed by atoms with Gasteiger partial charge in [-0.25, -0.2) is 14.6 Å². The Morgan fingerprint density at radius 3 is 2.59 bits per heavy atom. The summed E-state index contributed by atoms with van der Waals surface area (Å²) in [6.45, 7) is 1.99. The van der Waals surface area contributed by atoms with Gasteiger partial charge in [-0.05, 0) is 62.8 Å². The summed E-state index contributed by atoms with van der Waals surface area (Å²) in [7, 11) is 2.19. The van der Waals surface area contributed by atoms with Crippen LogP contribution in [0, 0.1) is 0 Å². The minimum atomic E-state index is 0.502. The lowest BCUT2D eigenvalue weighted by molar-refractivity contribution is 0.277. The molecule has 0 radical (unpaired) electrons. The summed E-state index contributed by atoms with van der Waals surface area (Å²) in [5.41, 5.74) is 2.83. The Bertz CT molecular complexity index is 1110. The molecule has 0 amide bonds. The van der Waals surface area contributed by atoms with Crippen molar-refractivity contribution in [1.82, 2.24) is 24.6 Å². The molecule has 6 heteroatoms. The zero-order valence-corrected chi connectivity index (χ0v) is 16.4. The second-order valence-electron chi connectivity index (χ2n) is 7.51. The van der Waals surface area contributed by atoms with Crippen molar-refractivity contribution >= 4 is 11.0 Å². The second-order valence-corrected chi connectivity index (χ2v) is 7.51. The molecule has 3 heterocycles. The van der Waals surface area contributed by atoms with Crippen LogP contribution in [0.1, 0.15) is 12.8 Å². The normalized spacial score (nSPS) is 17.1. The van der Waals surface area contributed by atoms with E-state index in [1.165, 1.54) is 12.8 Å². The number of ether oxygens (including phenoxy) is 1. The van der Waals surface area contributed by atoms with Crippen LogP contribution >= 0.6 is 0 Å². The molecule has 0 aliphatic carbocycles. The van der Waals surface area contributed by atoms with E-state index >= 15 is 0 Å². The number of para-hydroxylation sites is 1. The van der Waals surface area contributed by atoms with E-state index < -0.39 is 0 Å². The first kappa shape index (κ1) is 17.8. The summed E-state index contributed by atoms with van der Waals surface area (Å²) < 4.78 is 7.94. The molecular weight excluding hydrogens is 362 g/mol. The molecule has 0 saturated carbocycles. The monoisotopic (exact) mass is 385 g/mol. The first-order valence-corrected chi connectivity index (χ1v) is 9.98. The third kappa shape index (κ3) is 3.59. The molecular formula is C23H23N5O. The number of hydrogen-bond donors (Lipinski definition) is 0. The minimum Gasteiger partial charge on any atom is -0.457 e. The van der Waals surface area contributed by atoms with E-state index in [4.69, 9.17) is 9.84 Å². The molecule has 5 rings (SSSR count). The summed E-state index contributed by atoms with van der Waals surface area (Å²) in [6.07, 6.45) is 5.89. The Morgan fingerprint density at radius 1 is 1.03 bits per heavy atom. The first-order chi connectivity index (χ1) is 14.3. The van der Waals surface area contributed by atoms with Crippen molar-refractivity contribution in [2.45, 2.75) is 25.4 Å². The van der Waals surface area contributed by atoms with Crippen LogP contribution in [0.15, 0.2) is 67.1 Å². The molecule has 1 atom stereocenters. The van der Waals surface area contributed by atoms with Gasteiger partial charge in [0.25, 0.3) is 0 Å². The molecule has 0 unspecified atom stereocenters. The molecule has 0 bridgehead atoms. The third-order valence-corrected chi connectivity index (χ3v) is 5.57. The lowest BCUT2D eigenvalue weighted by Crippen LogP contribution is -2.29. The molecule has 1 aliphatic heterocycles. The van der Waals surface area contributed by atoms with Gasteiger partial charge in [0.1, 0.15) is 23.5 Å². The quantitative estimate of drug-likeness (QED) is 0.510. The molecule has 2 aromatic heterocycles. The van der Waals surface area contributed by atoms with Crippen molar-refractivity contribution in [1.29, 1.82) is 0 Å². The third-order valence-electron chi connectivity index (χ3n) is 5.57. The summed E-state index contributed by atoms with van der Waals surface area (Å²) in [5, 5.41) is 5.89. The maximum atomic E-state index is 5.91. The fourth-order valence-electron chi connectivity index (χ4n) is 3.97. The molecule has 29 heavy (non-hydrogen) atoms. The number of likely N-dealkylation sites (tertiary alicyclic amines) is 1. The summed E-state index contributed by atoms with van der Waals surface area (Å²) >= 11 is 0. The van der Waals surface area contributed by atoms with Crippen LogP contribution in [0.25, 0.3) is 22.3 Å². The van der Waals surface area contributed by atoms with Crippen molar-refractivity contribution in [2.24, 2.45) is 0 Å². The maximum absolute atomic E-state index is 5.91. The average Bonchev–Trinajstić information content (AvgIpc) is 3.34. The van der Waals surface area contributed by atoms with Crippen molar-refractivity contribution < 1.29 is 4.74 Å². The number of aromatic nitrogens is 4. The smallest absolute Gasteiger partial charge is 0.161 e. The van der Waals surface area contributed by atoms with Gasteiger partial charge in [0.15, 0.2) is 5.65 Å². The van der Waals surface area contributed by atoms with E-state index in [1.807, 2.05) is 65.5 Å². The molecule has 1 aliphatic rings. The van der Waals surface area contributed by atoms with Gasteiger partial charge in [-0.1, -0.05) is 18.2 Å². The molecule has 4 aromatic rings. The van der Waals surface area contributed by atoms with Gasteiger partial charge in [-0.15, -0.1) is 0 Å². The molecule has 6 nitrogen and oxygen atoms in total. The molecule has 0 N–H and O–H groups in total. The van der Waals surface area contributed by atoms with E-state index in [-0.39, 0.29) is 0 Å². The summed E-state index contributed by atoms with van der Waals surface area (Å²) in [4.78, 5) is 11.2. The Morgan fingerprint density at radius 2 is 1.83 bits per heavy atom. The number of likely N-dealkylation sites (N-methyl/N-ethyl adjacent to an activating group) is 1. The van der Waals surface area contributed by atoms with Crippen LogP contribution in [0.3, 0.4) is 0 Å². The topological polar surface area (TPSA) is 56.1 Å². The van der Waals surface area contributed by atoms with E-state index in [1.54, 1.807) is 6.33 Å². The Labute approximate surface area is 169 Å². The highest BCUT2D eigenvalue weighted by molar-refractivity contribution is 5.90. The molecule has 1 fully saturated rings. The van der Waals surface area contributed by atoms with Crippen molar-refractivity contribution in [3.63, 3.8) is 0 Å².